The average Bonchev–Trinajstić information content (AvgIpc) is 2.27. The summed E-state index contributed by atoms with van der Waals surface area (Å²) in [6, 6.07) is 4.81. The maximum Gasteiger partial charge on any atom is 0.271 e. The van der Waals surface area contributed by atoms with Gasteiger partial charge in [-0.3, -0.25) is 25.4 Å². The van der Waals surface area contributed by atoms with E-state index in [1.54, 1.807) is 18.2 Å². The van der Waals surface area contributed by atoms with Crippen molar-refractivity contribution in [2.24, 2.45) is 0 Å². The summed E-state index contributed by atoms with van der Waals surface area (Å²) in [4.78, 5) is 25.9. The molecule has 0 aromatic carbocycles. The summed E-state index contributed by atoms with van der Waals surface area (Å²) in [7, 11) is 0. The second-order valence-corrected chi connectivity index (χ2v) is 2.58. The SMILES string of the molecule is N#CCC(=O)NNC(=O)c1cccnc1. The number of carbonyl (C=O) groups is 2. The number of nitriles is 1. The van der Waals surface area contributed by atoms with Crippen LogP contribution in [0.25, 0.3) is 0 Å². The van der Waals surface area contributed by atoms with Crippen molar-refractivity contribution in [1.29, 1.82) is 5.26 Å². The zero-order valence-corrected chi connectivity index (χ0v) is 7.73. The van der Waals surface area contributed by atoms with Crippen LogP contribution in [0.15, 0.2) is 24.5 Å². The summed E-state index contributed by atoms with van der Waals surface area (Å²) in [5, 5.41) is 8.19. The van der Waals surface area contributed by atoms with Gasteiger partial charge in [-0.2, -0.15) is 5.26 Å². The number of hydrogen-bond donors (Lipinski definition) is 2. The highest BCUT2D eigenvalue weighted by atomic mass is 16.2. The molecular formula is C9H8N4O2. The minimum Gasteiger partial charge on any atom is -0.272 e. The van der Waals surface area contributed by atoms with Crippen molar-refractivity contribution >= 4 is 11.8 Å². The van der Waals surface area contributed by atoms with E-state index in [0.717, 1.165) is 0 Å². The molecule has 76 valence electrons. The predicted octanol–water partition coefficient (Wildman–Crippen LogP) is -0.244. The third kappa shape index (κ3) is 3.44. The summed E-state index contributed by atoms with van der Waals surface area (Å²) >= 11 is 0. The number of amides is 2. The quantitative estimate of drug-likeness (QED) is 0.650. The second-order valence-electron chi connectivity index (χ2n) is 2.58. The smallest absolute Gasteiger partial charge is 0.271 e. The van der Waals surface area contributed by atoms with Crippen molar-refractivity contribution in [1.82, 2.24) is 15.8 Å². The molecular weight excluding hydrogens is 196 g/mol. The van der Waals surface area contributed by atoms with Gasteiger partial charge in [-0.05, 0) is 12.1 Å². The molecule has 0 aliphatic carbocycles. The molecule has 0 spiro atoms. The molecule has 1 heterocycles. The van der Waals surface area contributed by atoms with E-state index in [2.05, 4.69) is 15.8 Å². The predicted molar refractivity (Wildman–Crippen MR) is 50.1 cm³/mol. The molecule has 0 aliphatic heterocycles. The van der Waals surface area contributed by atoms with Gasteiger partial charge in [-0.25, -0.2) is 0 Å². The molecule has 1 rings (SSSR count). The lowest BCUT2D eigenvalue weighted by Gasteiger charge is -2.04. The highest BCUT2D eigenvalue weighted by Crippen LogP contribution is 1.93. The normalized spacial score (nSPS) is 8.73. The number of nitrogens with one attached hydrogen (secondary N) is 2. The molecule has 0 fully saturated rings. The van der Waals surface area contributed by atoms with Gasteiger partial charge >= 0.3 is 0 Å². The molecule has 1 aromatic heterocycles. The van der Waals surface area contributed by atoms with E-state index in [4.69, 9.17) is 5.26 Å². The van der Waals surface area contributed by atoms with Gasteiger partial charge in [0.05, 0.1) is 11.6 Å². The zero-order valence-electron chi connectivity index (χ0n) is 7.73. The molecule has 0 saturated heterocycles. The third-order valence-electron chi connectivity index (χ3n) is 1.48. The molecule has 0 bridgehead atoms. The first-order valence-electron chi connectivity index (χ1n) is 4.10. The van der Waals surface area contributed by atoms with Gasteiger partial charge in [0, 0.05) is 12.4 Å². The van der Waals surface area contributed by atoms with E-state index in [1.165, 1.54) is 12.4 Å². The number of rotatable bonds is 2. The molecule has 0 saturated carbocycles. The van der Waals surface area contributed by atoms with Crippen LogP contribution in [0.1, 0.15) is 16.8 Å². The van der Waals surface area contributed by atoms with Gasteiger partial charge in [-0.15, -0.1) is 0 Å². The Kier molecular flexibility index (Phi) is 3.79. The van der Waals surface area contributed by atoms with Gasteiger partial charge in [0.15, 0.2) is 0 Å². The Labute approximate surface area is 85.9 Å². The van der Waals surface area contributed by atoms with Crippen LogP contribution in [-0.4, -0.2) is 16.8 Å². The second kappa shape index (κ2) is 5.34. The largest absolute Gasteiger partial charge is 0.272 e. The molecule has 2 N–H and O–H groups in total. The topological polar surface area (TPSA) is 94.9 Å². The van der Waals surface area contributed by atoms with E-state index in [1.807, 2.05) is 0 Å². The number of hydrogen-bond acceptors (Lipinski definition) is 4. The van der Waals surface area contributed by atoms with Crippen molar-refractivity contribution < 1.29 is 9.59 Å². The minimum atomic E-state index is -0.560. The number of carbonyl (C=O) groups excluding carboxylic acids is 2. The Hall–Kier alpha value is -2.42. The van der Waals surface area contributed by atoms with Crippen molar-refractivity contribution in [2.45, 2.75) is 6.42 Å². The maximum absolute atomic E-state index is 11.3. The molecule has 15 heavy (non-hydrogen) atoms. The van der Waals surface area contributed by atoms with Crippen LogP contribution in [0.4, 0.5) is 0 Å². The zero-order chi connectivity index (χ0) is 11.1. The van der Waals surface area contributed by atoms with Crippen LogP contribution in [0.3, 0.4) is 0 Å². The van der Waals surface area contributed by atoms with E-state index < -0.39 is 11.8 Å². The van der Waals surface area contributed by atoms with Crippen LogP contribution in [0.2, 0.25) is 0 Å². The lowest BCUT2D eigenvalue weighted by atomic mass is 10.3. The Balaban J connectivity index is 2.45. The van der Waals surface area contributed by atoms with Gasteiger partial charge in [0.25, 0.3) is 11.8 Å². The van der Waals surface area contributed by atoms with Gasteiger partial charge in [-0.1, -0.05) is 0 Å². The van der Waals surface area contributed by atoms with E-state index in [-0.39, 0.29) is 6.42 Å². The van der Waals surface area contributed by atoms with Crippen LogP contribution in [-0.2, 0) is 4.79 Å². The number of nitrogens with zero attached hydrogens (tertiary/aromatic N) is 2. The van der Waals surface area contributed by atoms with Crippen molar-refractivity contribution in [3.8, 4) is 6.07 Å². The standard InChI is InChI=1S/C9H8N4O2/c10-4-3-8(14)12-13-9(15)7-2-1-5-11-6-7/h1-2,5-6H,3H2,(H,12,14)(H,13,15). The van der Waals surface area contributed by atoms with Crippen molar-refractivity contribution in [3.05, 3.63) is 30.1 Å². The summed E-state index contributed by atoms with van der Waals surface area (Å²) in [5.74, 6) is -1.04. The monoisotopic (exact) mass is 204 g/mol. The highest BCUT2D eigenvalue weighted by molar-refractivity contribution is 5.95. The summed E-state index contributed by atoms with van der Waals surface area (Å²) in [6.07, 6.45) is 2.60. The Morgan fingerprint density at radius 3 is 2.87 bits per heavy atom. The van der Waals surface area contributed by atoms with E-state index >= 15 is 0 Å². The fourth-order valence-electron chi connectivity index (χ4n) is 0.812. The molecule has 6 nitrogen and oxygen atoms in total. The number of aromatic nitrogens is 1. The Bertz CT molecular complexity index is 396. The lowest BCUT2D eigenvalue weighted by molar-refractivity contribution is -0.120. The fourth-order valence-corrected chi connectivity index (χ4v) is 0.812. The minimum absolute atomic E-state index is 0.298. The molecule has 2 amide bonds. The van der Waals surface area contributed by atoms with Crippen LogP contribution >= 0.6 is 0 Å². The molecule has 0 unspecified atom stereocenters. The number of hydrazine groups is 1. The lowest BCUT2D eigenvalue weighted by Crippen LogP contribution is -2.41. The molecule has 0 radical (unpaired) electrons. The molecule has 0 aliphatic rings. The van der Waals surface area contributed by atoms with Gasteiger partial charge < -0.3 is 0 Å². The van der Waals surface area contributed by atoms with Crippen molar-refractivity contribution in [3.63, 3.8) is 0 Å². The maximum atomic E-state index is 11.3. The molecule has 6 heteroatoms. The highest BCUT2D eigenvalue weighted by Gasteiger charge is 2.05. The van der Waals surface area contributed by atoms with Crippen LogP contribution in [0.5, 0.6) is 0 Å². The third-order valence-corrected chi connectivity index (χ3v) is 1.48. The average molecular weight is 204 g/mol. The van der Waals surface area contributed by atoms with E-state index in [9.17, 15) is 9.59 Å². The Morgan fingerprint density at radius 1 is 1.47 bits per heavy atom. The number of pyridine rings is 1. The molecule has 0 atom stereocenters. The first kappa shape index (κ1) is 10.7. The first-order valence-corrected chi connectivity index (χ1v) is 4.10. The Morgan fingerprint density at radius 2 is 2.27 bits per heavy atom. The van der Waals surface area contributed by atoms with Crippen LogP contribution in [0, 0.1) is 11.3 Å². The van der Waals surface area contributed by atoms with Gasteiger partial charge in [0.2, 0.25) is 0 Å². The summed E-state index contributed by atoms with van der Waals surface area (Å²) in [6.45, 7) is 0. The fraction of sp³-hybridized carbons (Fsp3) is 0.111. The summed E-state index contributed by atoms with van der Waals surface area (Å²) in [5.41, 5.74) is 4.58. The van der Waals surface area contributed by atoms with Crippen molar-refractivity contribution in [2.75, 3.05) is 0 Å². The first-order chi connectivity index (χ1) is 7.24. The summed E-state index contributed by atoms with van der Waals surface area (Å²) < 4.78 is 0. The molecule has 1 aromatic rings. The van der Waals surface area contributed by atoms with Crippen LogP contribution < -0.4 is 10.9 Å². The van der Waals surface area contributed by atoms with E-state index in [0.29, 0.717) is 5.56 Å². The van der Waals surface area contributed by atoms with Gasteiger partial charge in [0.1, 0.15) is 6.42 Å².